The second kappa shape index (κ2) is 4.98. The first-order valence-corrected chi connectivity index (χ1v) is 4.62. The van der Waals surface area contributed by atoms with Gasteiger partial charge >= 0.3 is 0 Å². The maximum absolute atomic E-state index is 9.09. The van der Waals surface area contributed by atoms with Crippen molar-refractivity contribution in [3.8, 4) is 5.75 Å². The number of benzene rings is 1. The third kappa shape index (κ3) is 3.01. The van der Waals surface area contributed by atoms with E-state index in [1.807, 2.05) is 32.0 Å². The van der Waals surface area contributed by atoms with Gasteiger partial charge in [0.1, 0.15) is 18.5 Å². The molecule has 14 heavy (non-hydrogen) atoms. The van der Waals surface area contributed by atoms with Crippen molar-refractivity contribution in [3.05, 3.63) is 29.3 Å². The summed E-state index contributed by atoms with van der Waals surface area (Å²) in [4.78, 5) is 0. The van der Waals surface area contributed by atoms with Crippen molar-refractivity contribution >= 4 is 0 Å². The van der Waals surface area contributed by atoms with Gasteiger partial charge in [-0.2, -0.15) is 0 Å². The van der Waals surface area contributed by atoms with Gasteiger partial charge < -0.3 is 14.9 Å². The highest BCUT2D eigenvalue weighted by Crippen LogP contribution is 2.18. The number of hydrogen-bond donors (Lipinski definition) is 2. The SMILES string of the molecule is Cc1ccc(OC[C@@H](O)CO)c(C)c1. The minimum Gasteiger partial charge on any atom is -0.491 e. The topological polar surface area (TPSA) is 49.7 Å². The number of hydrogen-bond acceptors (Lipinski definition) is 3. The molecule has 3 heteroatoms. The van der Waals surface area contributed by atoms with Crippen molar-refractivity contribution in [3.63, 3.8) is 0 Å². The van der Waals surface area contributed by atoms with E-state index in [0.717, 1.165) is 11.3 Å². The fraction of sp³-hybridized carbons (Fsp3) is 0.455. The Morgan fingerprint density at radius 3 is 2.64 bits per heavy atom. The molecule has 2 N–H and O–H groups in total. The first-order chi connectivity index (χ1) is 6.63. The van der Waals surface area contributed by atoms with Crippen LogP contribution in [0.15, 0.2) is 18.2 Å². The number of aryl methyl sites for hydroxylation is 2. The highest BCUT2D eigenvalue weighted by atomic mass is 16.5. The lowest BCUT2D eigenvalue weighted by Gasteiger charge is -2.12. The van der Waals surface area contributed by atoms with E-state index in [1.54, 1.807) is 0 Å². The molecule has 0 fully saturated rings. The van der Waals surface area contributed by atoms with E-state index in [4.69, 9.17) is 14.9 Å². The van der Waals surface area contributed by atoms with Crippen LogP contribution in [0.1, 0.15) is 11.1 Å². The van der Waals surface area contributed by atoms with Crippen LogP contribution in [0, 0.1) is 13.8 Å². The average molecular weight is 196 g/mol. The van der Waals surface area contributed by atoms with Gasteiger partial charge in [0.25, 0.3) is 0 Å². The normalized spacial score (nSPS) is 12.6. The Bertz CT molecular complexity index is 297. The minimum atomic E-state index is -0.810. The summed E-state index contributed by atoms with van der Waals surface area (Å²) in [5.74, 6) is 0.753. The van der Waals surface area contributed by atoms with Crippen molar-refractivity contribution in [1.82, 2.24) is 0 Å². The van der Waals surface area contributed by atoms with E-state index in [2.05, 4.69) is 0 Å². The summed E-state index contributed by atoms with van der Waals surface area (Å²) in [5.41, 5.74) is 2.22. The fourth-order valence-electron chi connectivity index (χ4n) is 1.20. The Kier molecular flexibility index (Phi) is 3.92. The second-order valence-corrected chi connectivity index (χ2v) is 3.42. The summed E-state index contributed by atoms with van der Waals surface area (Å²) in [7, 11) is 0. The molecule has 0 heterocycles. The van der Waals surface area contributed by atoms with Crippen LogP contribution in [-0.2, 0) is 0 Å². The van der Waals surface area contributed by atoms with Crippen LogP contribution in [0.5, 0.6) is 5.75 Å². The first kappa shape index (κ1) is 11.0. The lowest BCUT2D eigenvalue weighted by Crippen LogP contribution is -2.21. The van der Waals surface area contributed by atoms with Gasteiger partial charge in [-0.25, -0.2) is 0 Å². The van der Waals surface area contributed by atoms with Gasteiger partial charge in [0.2, 0.25) is 0 Å². The zero-order valence-corrected chi connectivity index (χ0v) is 8.53. The minimum absolute atomic E-state index is 0.125. The second-order valence-electron chi connectivity index (χ2n) is 3.42. The smallest absolute Gasteiger partial charge is 0.122 e. The van der Waals surface area contributed by atoms with Crippen LogP contribution in [0.25, 0.3) is 0 Å². The van der Waals surface area contributed by atoms with Crippen molar-refractivity contribution in [2.45, 2.75) is 20.0 Å². The van der Waals surface area contributed by atoms with Crippen LogP contribution in [0.3, 0.4) is 0 Å². The third-order valence-electron chi connectivity index (χ3n) is 1.97. The summed E-state index contributed by atoms with van der Waals surface area (Å²) >= 11 is 0. The van der Waals surface area contributed by atoms with Gasteiger partial charge in [0, 0.05) is 0 Å². The number of rotatable bonds is 4. The Morgan fingerprint density at radius 2 is 2.07 bits per heavy atom. The third-order valence-corrected chi connectivity index (χ3v) is 1.97. The van der Waals surface area contributed by atoms with Gasteiger partial charge in [0.05, 0.1) is 6.61 Å². The summed E-state index contributed by atoms with van der Waals surface area (Å²) in [5, 5.41) is 17.7. The Morgan fingerprint density at radius 1 is 1.36 bits per heavy atom. The molecule has 0 bridgehead atoms. The molecule has 0 aliphatic rings. The summed E-state index contributed by atoms with van der Waals surface area (Å²) in [6, 6.07) is 5.84. The van der Waals surface area contributed by atoms with Crippen LogP contribution >= 0.6 is 0 Å². The maximum Gasteiger partial charge on any atom is 0.122 e. The number of aliphatic hydroxyl groups excluding tert-OH is 2. The van der Waals surface area contributed by atoms with E-state index < -0.39 is 6.10 Å². The van der Waals surface area contributed by atoms with E-state index in [9.17, 15) is 0 Å². The molecule has 0 spiro atoms. The molecule has 1 aromatic rings. The van der Waals surface area contributed by atoms with Crippen LogP contribution in [0.4, 0.5) is 0 Å². The van der Waals surface area contributed by atoms with Gasteiger partial charge in [-0.3, -0.25) is 0 Å². The van der Waals surface area contributed by atoms with Crippen LogP contribution in [-0.4, -0.2) is 29.5 Å². The predicted molar refractivity (Wildman–Crippen MR) is 54.5 cm³/mol. The molecule has 0 aromatic heterocycles. The van der Waals surface area contributed by atoms with E-state index in [0.29, 0.717) is 0 Å². The lowest BCUT2D eigenvalue weighted by atomic mass is 10.1. The summed E-state index contributed by atoms with van der Waals surface area (Å²) in [6.07, 6.45) is -0.810. The predicted octanol–water partition coefficient (Wildman–Crippen LogP) is 1.04. The van der Waals surface area contributed by atoms with E-state index in [-0.39, 0.29) is 13.2 Å². The molecule has 0 amide bonds. The maximum atomic E-state index is 9.09. The average Bonchev–Trinajstić information content (AvgIpc) is 2.16. The lowest BCUT2D eigenvalue weighted by molar-refractivity contribution is 0.0534. The first-order valence-electron chi connectivity index (χ1n) is 4.62. The zero-order chi connectivity index (χ0) is 10.6. The standard InChI is InChI=1S/C11H16O3/c1-8-3-4-11(9(2)5-8)14-7-10(13)6-12/h3-5,10,12-13H,6-7H2,1-2H3/t10-/m0/s1. The summed E-state index contributed by atoms with van der Waals surface area (Å²) in [6.45, 7) is 3.82. The van der Waals surface area contributed by atoms with Gasteiger partial charge in [-0.05, 0) is 25.5 Å². The molecule has 1 atom stereocenters. The molecule has 0 unspecified atom stereocenters. The highest BCUT2D eigenvalue weighted by molar-refractivity contribution is 5.35. The van der Waals surface area contributed by atoms with Gasteiger partial charge in [-0.1, -0.05) is 17.7 Å². The van der Waals surface area contributed by atoms with Crippen molar-refractivity contribution in [1.29, 1.82) is 0 Å². The van der Waals surface area contributed by atoms with E-state index in [1.165, 1.54) is 5.56 Å². The molecule has 0 aliphatic carbocycles. The highest BCUT2D eigenvalue weighted by Gasteiger charge is 2.04. The van der Waals surface area contributed by atoms with Crippen LogP contribution in [0.2, 0.25) is 0 Å². The van der Waals surface area contributed by atoms with Crippen LogP contribution < -0.4 is 4.74 Å². The molecule has 1 rings (SSSR count). The number of aliphatic hydroxyl groups is 2. The molecule has 78 valence electrons. The monoisotopic (exact) mass is 196 g/mol. The largest absolute Gasteiger partial charge is 0.491 e. The van der Waals surface area contributed by atoms with Gasteiger partial charge in [-0.15, -0.1) is 0 Å². The molecule has 0 radical (unpaired) electrons. The Balaban J connectivity index is 2.59. The molecule has 3 nitrogen and oxygen atoms in total. The van der Waals surface area contributed by atoms with Gasteiger partial charge in [0.15, 0.2) is 0 Å². The fourth-order valence-corrected chi connectivity index (χ4v) is 1.20. The molecule has 0 saturated carbocycles. The molecule has 1 aromatic carbocycles. The van der Waals surface area contributed by atoms with Crippen molar-refractivity contribution < 1.29 is 14.9 Å². The molecule has 0 saturated heterocycles. The van der Waals surface area contributed by atoms with Crippen molar-refractivity contribution in [2.24, 2.45) is 0 Å². The number of ether oxygens (including phenoxy) is 1. The van der Waals surface area contributed by atoms with E-state index >= 15 is 0 Å². The Labute approximate surface area is 84.0 Å². The van der Waals surface area contributed by atoms with Crippen molar-refractivity contribution in [2.75, 3.05) is 13.2 Å². The molecular formula is C11H16O3. The quantitative estimate of drug-likeness (QED) is 0.756. The molecular weight excluding hydrogens is 180 g/mol. The molecule has 0 aliphatic heterocycles. The zero-order valence-electron chi connectivity index (χ0n) is 8.53. The Hall–Kier alpha value is -1.06. The summed E-state index contributed by atoms with van der Waals surface area (Å²) < 4.78 is 5.33.